The number of ether oxygens (including phenoxy) is 2. The summed E-state index contributed by atoms with van der Waals surface area (Å²) in [6, 6.07) is 19.1. The van der Waals surface area contributed by atoms with E-state index in [9.17, 15) is 19.5 Å². The fraction of sp³-hybridized carbons (Fsp3) is 0.207. The summed E-state index contributed by atoms with van der Waals surface area (Å²) in [4.78, 5) is 39.0. The molecule has 1 aliphatic rings. The number of carbonyl (C=O) groups is 3. The lowest BCUT2D eigenvalue weighted by Crippen LogP contribution is -2.29. The molecule has 3 aromatic carbocycles. The van der Waals surface area contributed by atoms with Crippen molar-refractivity contribution in [3.8, 4) is 11.5 Å². The number of anilines is 1. The van der Waals surface area contributed by atoms with Gasteiger partial charge in [-0.25, -0.2) is 0 Å². The topological polar surface area (TPSA) is 113 Å². The zero-order valence-corrected chi connectivity index (χ0v) is 20.5. The minimum atomic E-state index is -0.975. The Morgan fingerprint density at radius 2 is 1.65 bits per heavy atom. The lowest BCUT2D eigenvalue weighted by Gasteiger charge is -2.25. The zero-order valence-electron chi connectivity index (χ0n) is 20.5. The molecule has 8 heteroatoms. The van der Waals surface area contributed by atoms with E-state index < -0.39 is 23.7 Å². The van der Waals surface area contributed by atoms with Gasteiger partial charge in [0.25, 0.3) is 11.7 Å². The molecule has 0 saturated carbocycles. The van der Waals surface area contributed by atoms with Crippen molar-refractivity contribution in [2.45, 2.75) is 25.8 Å². The van der Waals surface area contributed by atoms with Gasteiger partial charge in [-0.3, -0.25) is 19.3 Å². The standard InChI is InChI=1S/C29H27NO7/c1-3-15-37-23-6-4-5-20(17-23)27(33)25-26(19-9-13-22(36-2)14-10-19)30(29(35)28(25)34)21-11-7-18(8-12-21)16-24(31)32/h4-14,17,26,33H,3,15-16H2,1-2H3,(H,31,32)/b27-25-. The highest BCUT2D eigenvalue weighted by atomic mass is 16.5. The van der Waals surface area contributed by atoms with Crippen LogP contribution in [0, 0.1) is 0 Å². The van der Waals surface area contributed by atoms with E-state index in [1.807, 2.05) is 6.92 Å². The molecule has 0 spiro atoms. The number of Topliss-reactive ketones (excluding diaryl/α,β-unsaturated/α-hetero) is 1. The minimum Gasteiger partial charge on any atom is -0.507 e. The van der Waals surface area contributed by atoms with Crippen molar-refractivity contribution in [3.05, 3.63) is 95.1 Å². The molecule has 1 aliphatic heterocycles. The van der Waals surface area contributed by atoms with Crippen LogP contribution in [0.5, 0.6) is 11.5 Å². The Labute approximate surface area is 214 Å². The van der Waals surface area contributed by atoms with Crippen LogP contribution in [-0.4, -0.2) is 41.6 Å². The number of hydrogen-bond acceptors (Lipinski definition) is 6. The molecule has 2 N–H and O–H groups in total. The molecular weight excluding hydrogens is 474 g/mol. The second-order valence-electron chi connectivity index (χ2n) is 8.56. The second-order valence-corrected chi connectivity index (χ2v) is 8.56. The van der Waals surface area contributed by atoms with Gasteiger partial charge >= 0.3 is 5.97 Å². The van der Waals surface area contributed by atoms with Crippen LogP contribution in [-0.2, 0) is 20.8 Å². The van der Waals surface area contributed by atoms with Gasteiger partial charge in [0.1, 0.15) is 17.3 Å². The lowest BCUT2D eigenvalue weighted by molar-refractivity contribution is -0.136. The highest BCUT2D eigenvalue weighted by molar-refractivity contribution is 6.51. The number of carbonyl (C=O) groups excluding carboxylic acids is 2. The van der Waals surface area contributed by atoms with E-state index in [1.54, 1.807) is 72.8 Å². The van der Waals surface area contributed by atoms with Crippen molar-refractivity contribution in [2.24, 2.45) is 0 Å². The van der Waals surface area contributed by atoms with Crippen molar-refractivity contribution < 1.29 is 34.1 Å². The van der Waals surface area contributed by atoms with Crippen molar-refractivity contribution in [1.82, 2.24) is 0 Å². The number of benzene rings is 3. The van der Waals surface area contributed by atoms with E-state index in [2.05, 4.69) is 0 Å². The molecule has 0 aromatic heterocycles. The quantitative estimate of drug-likeness (QED) is 0.247. The Balaban J connectivity index is 1.84. The summed E-state index contributed by atoms with van der Waals surface area (Å²) in [5, 5.41) is 20.4. The molecule has 3 aromatic rings. The monoisotopic (exact) mass is 501 g/mol. The van der Waals surface area contributed by atoms with Gasteiger partial charge < -0.3 is 19.7 Å². The molecule has 0 radical (unpaired) electrons. The van der Waals surface area contributed by atoms with Crippen molar-refractivity contribution in [2.75, 3.05) is 18.6 Å². The SMILES string of the molecule is CCCOc1cccc(/C(O)=C2/C(=O)C(=O)N(c3ccc(CC(=O)O)cc3)C2c2ccc(OC)cc2)c1. The van der Waals surface area contributed by atoms with Gasteiger partial charge in [-0.05, 0) is 53.9 Å². The number of hydrogen-bond donors (Lipinski definition) is 2. The van der Waals surface area contributed by atoms with Crippen LogP contribution in [0.2, 0.25) is 0 Å². The molecule has 1 atom stereocenters. The van der Waals surface area contributed by atoms with Crippen LogP contribution in [0.1, 0.15) is 36.1 Å². The van der Waals surface area contributed by atoms with E-state index in [4.69, 9.17) is 14.6 Å². The van der Waals surface area contributed by atoms with Gasteiger partial charge in [-0.1, -0.05) is 43.3 Å². The first-order valence-electron chi connectivity index (χ1n) is 11.8. The molecule has 0 aliphatic carbocycles. The summed E-state index contributed by atoms with van der Waals surface area (Å²) in [6.07, 6.45) is 0.640. The highest BCUT2D eigenvalue weighted by Gasteiger charge is 2.47. The molecule has 8 nitrogen and oxygen atoms in total. The summed E-state index contributed by atoms with van der Waals surface area (Å²) >= 11 is 0. The van der Waals surface area contributed by atoms with E-state index in [1.165, 1.54) is 12.0 Å². The average Bonchev–Trinajstić information content (AvgIpc) is 3.17. The van der Waals surface area contributed by atoms with E-state index in [-0.39, 0.29) is 17.8 Å². The summed E-state index contributed by atoms with van der Waals surface area (Å²) in [5.41, 5.74) is 1.84. The molecule has 4 rings (SSSR count). The number of methoxy groups -OCH3 is 1. The molecule has 0 bridgehead atoms. The van der Waals surface area contributed by atoms with Crippen LogP contribution in [0.25, 0.3) is 5.76 Å². The number of rotatable bonds is 9. The van der Waals surface area contributed by atoms with Gasteiger partial charge in [0.05, 0.1) is 31.8 Å². The number of aliphatic carboxylic acids is 1. The first-order chi connectivity index (χ1) is 17.8. The smallest absolute Gasteiger partial charge is 0.307 e. The molecule has 1 fully saturated rings. The summed E-state index contributed by atoms with van der Waals surface area (Å²) < 4.78 is 10.9. The molecule has 1 amide bonds. The van der Waals surface area contributed by atoms with Crippen LogP contribution >= 0.6 is 0 Å². The Hall–Kier alpha value is -4.59. The summed E-state index contributed by atoms with van der Waals surface area (Å²) in [6.45, 7) is 2.48. The van der Waals surface area contributed by atoms with Crippen molar-refractivity contribution in [3.63, 3.8) is 0 Å². The molecule has 190 valence electrons. The summed E-state index contributed by atoms with van der Waals surface area (Å²) in [5.74, 6) is -1.78. The normalized spacial score (nSPS) is 16.6. The third-order valence-electron chi connectivity index (χ3n) is 6.03. The first kappa shape index (κ1) is 25.5. The molecule has 1 saturated heterocycles. The Bertz CT molecular complexity index is 1340. The molecule has 1 heterocycles. The first-order valence-corrected chi connectivity index (χ1v) is 11.8. The van der Waals surface area contributed by atoms with E-state index >= 15 is 0 Å². The van der Waals surface area contributed by atoms with Gasteiger partial charge in [0.15, 0.2) is 0 Å². The van der Waals surface area contributed by atoms with Crippen LogP contribution in [0.3, 0.4) is 0 Å². The highest BCUT2D eigenvalue weighted by Crippen LogP contribution is 2.42. The Morgan fingerprint density at radius 1 is 0.946 bits per heavy atom. The summed E-state index contributed by atoms with van der Waals surface area (Å²) in [7, 11) is 1.54. The lowest BCUT2D eigenvalue weighted by atomic mass is 9.95. The Kier molecular flexibility index (Phi) is 7.57. The number of nitrogens with zero attached hydrogens (tertiary/aromatic N) is 1. The van der Waals surface area contributed by atoms with Crippen LogP contribution in [0.15, 0.2) is 78.4 Å². The largest absolute Gasteiger partial charge is 0.507 e. The predicted molar refractivity (Wildman–Crippen MR) is 138 cm³/mol. The van der Waals surface area contributed by atoms with Crippen molar-refractivity contribution >= 4 is 29.1 Å². The van der Waals surface area contributed by atoms with Gasteiger partial charge in [-0.15, -0.1) is 0 Å². The van der Waals surface area contributed by atoms with Crippen LogP contribution < -0.4 is 14.4 Å². The van der Waals surface area contributed by atoms with Gasteiger partial charge in [0.2, 0.25) is 0 Å². The average molecular weight is 502 g/mol. The van der Waals surface area contributed by atoms with Gasteiger partial charge in [0, 0.05) is 11.3 Å². The molecular formula is C29H27NO7. The number of aliphatic hydroxyl groups excluding tert-OH is 1. The second kappa shape index (κ2) is 11.0. The van der Waals surface area contributed by atoms with Gasteiger partial charge in [-0.2, -0.15) is 0 Å². The fourth-order valence-corrected chi connectivity index (χ4v) is 4.26. The maximum atomic E-state index is 13.3. The number of ketones is 1. The predicted octanol–water partition coefficient (Wildman–Crippen LogP) is 4.74. The molecule has 1 unspecified atom stereocenters. The number of aliphatic hydroxyl groups is 1. The number of carboxylic acid groups (broad SMARTS) is 1. The zero-order chi connectivity index (χ0) is 26.5. The minimum absolute atomic E-state index is 0.0579. The number of carboxylic acids is 1. The van der Waals surface area contributed by atoms with Crippen molar-refractivity contribution in [1.29, 1.82) is 0 Å². The maximum Gasteiger partial charge on any atom is 0.307 e. The third-order valence-corrected chi connectivity index (χ3v) is 6.03. The maximum absolute atomic E-state index is 13.3. The van der Waals surface area contributed by atoms with E-state index in [0.717, 1.165) is 6.42 Å². The number of amides is 1. The third kappa shape index (κ3) is 5.33. The fourth-order valence-electron chi connectivity index (χ4n) is 4.26. The molecule has 37 heavy (non-hydrogen) atoms. The van der Waals surface area contributed by atoms with E-state index in [0.29, 0.717) is 40.5 Å². The Morgan fingerprint density at radius 3 is 2.27 bits per heavy atom. The van der Waals surface area contributed by atoms with Crippen LogP contribution in [0.4, 0.5) is 5.69 Å².